The van der Waals surface area contributed by atoms with Gasteiger partial charge in [0, 0.05) is 13.0 Å². The van der Waals surface area contributed by atoms with E-state index in [9.17, 15) is 27.6 Å². The molecule has 0 saturated carbocycles. The van der Waals surface area contributed by atoms with Gasteiger partial charge < -0.3 is 10.1 Å². The summed E-state index contributed by atoms with van der Waals surface area (Å²) in [5.74, 6) is -2.66. The molecular weight excluding hydrogens is 303 g/mol. The lowest BCUT2D eigenvalue weighted by Gasteiger charge is -2.25. The molecule has 0 bridgehead atoms. The van der Waals surface area contributed by atoms with Gasteiger partial charge in [-0.2, -0.15) is 13.2 Å². The molecule has 0 spiro atoms. The number of hydrogen-bond acceptors (Lipinski definition) is 4. The van der Waals surface area contributed by atoms with Crippen molar-refractivity contribution in [1.29, 1.82) is 0 Å². The SMILES string of the molecule is CC(C)(C(=O)OCCCC(=O)[C@@H]1CCCNC1=O)C(F)(F)F. The minimum Gasteiger partial charge on any atom is -0.465 e. The van der Waals surface area contributed by atoms with Crippen LogP contribution in [-0.2, 0) is 19.1 Å². The van der Waals surface area contributed by atoms with E-state index in [2.05, 4.69) is 10.1 Å². The predicted octanol–water partition coefficient (Wildman–Crippen LogP) is 1.99. The maximum Gasteiger partial charge on any atom is 0.404 e. The number of alkyl halides is 3. The molecule has 1 aliphatic rings. The van der Waals surface area contributed by atoms with Gasteiger partial charge in [0.05, 0.1) is 12.5 Å². The van der Waals surface area contributed by atoms with Gasteiger partial charge in [0.1, 0.15) is 5.78 Å². The molecule has 126 valence electrons. The van der Waals surface area contributed by atoms with Crippen molar-refractivity contribution in [2.45, 2.75) is 45.7 Å². The molecule has 0 aromatic heterocycles. The van der Waals surface area contributed by atoms with Crippen LogP contribution in [0.25, 0.3) is 0 Å². The predicted molar refractivity (Wildman–Crippen MR) is 70.8 cm³/mol. The number of carbonyl (C=O) groups is 3. The molecule has 1 atom stereocenters. The second-order valence-corrected chi connectivity index (χ2v) is 5.81. The Morgan fingerprint density at radius 2 is 1.95 bits per heavy atom. The van der Waals surface area contributed by atoms with Gasteiger partial charge in [-0.1, -0.05) is 0 Å². The van der Waals surface area contributed by atoms with Gasteiger partial charge in [-0.25, -0.2) is 0 Å². The van der Waals surface area contributed by atoms with Gasteiger partial charge in [-0.15, -0.1) is 0 Å². The molecule has 22 heavy (non-hydrogen) atoms. The fourth-order valence-corrected chi connectivity index (χ4v) is 1.96. The Hall–Kier alpha value is -1.60. The van der Waals surface area contributed by atoms with Crippen LogP contribution < -0.4 is 5.32 Å². The number of esters is 1. The molecule has 0 unspecified atom stereocenters. The highest BCUT2D eigenvalue weighted by molar-refractivity contribution is 6.01. The summed E-state index contributed by atoms with van der Waals surface area (Å²) in [6.07, 6.45) is -3.40. The second kappa shape index (κ2) is 7.11. The average molecular weight is 323 g/mol. The number of ether oxygens (including phenoxy) is 1. The first-order valence-electron chi connectivity index (χ1n) is 7.11. The molecule has 1 aliphatic heterocycles. The van der Waals surface area contributed by atoms with E-state index in [0.29, 0.717) is 13.0 Å². The number of piperidine rings is 1. The van der Waals surface area contributed by atoms with Crippen LogP contribution in [0.3, 0.4) is 0 Å². The summed E-state index contributed by atoms with van der Waals surface area (Å²) in [5.41, 5.74) is -2.58. The standard InChI is InChI=1S/C14H20F3NO4/c1-13(2,14(15,16)17)12(21)22-8-4-6-10(19)9-5-3-7-18-11(9)20/h9H,3-8H2,1-2H3,(H,18,20)/t9-/m0/s1. The fraction of sp³-hybridized carbons (Fsp3) is 0.786. The Bertz CT molecular complexity index is 446. The van der Waals surface area contributed by atoms with Crippen molar-refractivity contribution >= 4 is 17.7 Å². The highest BCUT2D eigenvalue weighted by atomic mass is 19.4. The highest BCUT2D eigenvalue weighted by Gasteiger charge is 2.54. The smallest absolute Gasteiger partial charge is 0.404 e. The van der Waals surface area contributed by atoms with Crippen LogP contribution in [-0.4, -0.2) is 37.0 Å². The lowest BCUT2D eigenvalue weighted by Crippen LogP contribution is -2.41. The Morgan fingerprint density at radius 3 is 2.50 bits per heavy atom. The van der Waals surface area contributed by atoms with E-state index in [-0.39, 0.29) is 31.1 Å². The Kier molecular flexibility index (Phi) is 5.96. The summed E-state index contributed by atoms with van der Waals surface area (Å²) in [4.78, 5) is 34.7. The molecule has 0 radical (unpaired) electrons. The number of amides is 1. The van der Waals surface area contributed by atoms with Gasteiger partial charge in [0.2, 0.25) is 5.91 Å². The zero-order chi connectivity index (χ0) is 17.0. The van der Waals surface area contributed by atoms with Crippen molar-refractivity contribution in [3.63, 3.8) is 0 Å². The quantitative estimate of drug-likeness (QED) is 0.461. The maximum absolute atomic E-state index is 12.6. The third-order valence-electron chi connectivity index (χ3n) is 3.69. The Morgan fingerprint density at radius 1 is 1.32 bits per heavy atom. The first-order chi connectivity index (χ1) is 10.1. The van der Waals surface area contributed by atoms with Gasteiger partial charge in [-0.05, 0) is 33.1 Å². The van der Waals surface area contributed by atoms with E-state index in [1.807, 2.05) is 0 Å². The zero-order valence-corrected chi connectivity index (χ0v) is 12.6. The summed E-state index contributed by atoms with van der Waals surface area (Å²) in [7, 11) is 0. The molecule has 1 fully saturated rings. The molecule has 1 N–H and O–H groups in total. The van der Waals surface area contributed by atoms with Gasteiger partial charge >= 0.3 is 12.1 Å². The van der Waals surface area contributed by atoms with E-state index in [0.717, 1.165) is 20.3 Å². The van der Waals surface area contributed by atoms with Crippen LogP contribution in [0.2, 0.25) is 0 Å². The van der Waals surface area contributed by atoms with Gasteiger partial charge in [-0.3, -0.25) is 14.4 Å². The van der Waals surface area contributed by atoms with Crippen LogP contribution in [0.4, 0.5) is 13.2 Å². The number of halogens is 3. The summed E-state index contributed by atoms with van der Waals surface area (Å²) < 4.78 is 42.4. The molecule has 8 heteroatoms. The van der Waals surface area contributed by atoms with Gasteiger partial charge in [0.15, 0.2) is 5.41 Å². The van der Waals surface area contributed by atoms with Crippen LogP contribution in [0.15, 0.2) is 0 Å². The normalized spacial score (nSPS) is 19.5. The highest BCUT2D eigenvalue weighted by Crippen LogP contribution is 2.38. The zero-order valence-electron chi connectivity index (χ0n) is 12.6. The first-order valence-corrected chi connectivity index (χ1v) is 7.11. The van der Waals surface area contributed by atoms with Crippen LogP contribution in [0.5, 0.6) is 0 Å². The molecule has 1 saturated heterocycles. The fourth-order valence-electron chi connectivity index (χ4n) is 1.96. The van der Waals surface area contributed by atoms with E-state index in [1.165, 1.54) is 0 Å². The number of hydrogen-bond donors (Lipinski definition) is 1. The molecule has 0 aromatic rings. The largest absolute Gasteiger partial charge is 0.465 e. The van der Waals surface area contributed by atoms with Crippen molar-refractivity contribution in [3.8, 4) is 0 Å². The van der Waals surface area contributed by atoms with Crippen molar-refractivity contribution in [2.75, 3.05) is 13.2 Å². The van der Waals surface area contributed by atoms with E-state index in [4.69, 9.17) is 0 Å². The molecule has 5 nitrogen and oxygen atoms in total. The third-order valence-corrected chi connectivity index (χ3v) is 3.69. The molecule has 1 rings (SSSR count). The van der Waals surface area contributed by atoms with Crippen LogP contribution in [0.1, 0.15) is 39.5 Å². The summed E-state index contributed by atoms with van der Waals surface area (Å²) in [6, 6.07) is 0. The maximum atomic E-state index is 12.6. The van der Waals surface area contributed by atoms with Crippen LogP contribution in [0, 0.1) is 11.3 Å². The third kappa shape index (κ3) is 4.45. The lowest BCUT2D eigenvalue weighted by molar-refractivity contribution is -0.224. The monoisotopic (exact) mass is 323 g/mol. The molecule has 1 amide bonds. The number of Topliss-reactive ketones (excluding diaryl/α,β-unsaturated/α-hetero) is 1. The summed E-state index contributed by atoms with van der Waals surface area (Å²) in [5, 5.41) is 2.59. The van der Waals surface area contributed by atoms with Crippen molar-refractivity contribution in [3.05, 3.63) is 0 Å². The van der Waals surface area contributed by atoms with Crippen molar-refractivity contribution in [2.24, 2.45) is 11.3 Å². The summed E-state index contributed by atoms with van der Waals surface area (Å²) >= 11 is 0. The molecular formula is C14H20F3NO4. The van der Waals surface area contributed by atoms with Crippen LogP contribution >= 0.6 is 0 Å². The first kappa shape index (κ1) is 18.4. The Balaban J connectivity index is 2.35. The van der Waals surface area contributed by atoms with Crippen molar-refractivity contribution in [1.82, 2.24) is 5.32 Å². The second-order valence-electron chi connectivity index (χ2n) is 5.81. The number of rotatable bonds is 6. The minimum absolute atomic E-state index is 0.00217. The molecule has 1 heterocycles. The molecule has 0 aromatic carbocycles. The van der Waals surface area contributed by atoms with Gasteiger partial charge in [0.25, 0.3) is 0 Å². The topological polar surface area (TPSA) is 72.5 Å². The average Bonchev–Trinajstić information content (AvgIpc) is 2.42. The van der Waals surface area contributed by atoms with E-state index in [1.54, 1.807) is 0 Å². The Labute approximate surface area is 126 Å². The number of carbonyl (C=O) groups excluding carboxylic acids is 3. The van der Waals surface area contributed by atoms with E-state index < -0.39 is 23.5 Å². The van der Waals surface area contributed by atoms with E-state index >= 15 is 0 Å². The minimum atomic E-state index is -4.69. The number of nitrogens with one attached hydrogen (secondary N) is 1. The summed E-state index contributed by atoms with van der Waals surface area (Å²) in [6.45, 7) is 1.75. The van der Waals surface area contributed by atoms with Crippen molar-refractivity contribution < 1.29 is 32.3 Å². The molecule has 0 aliphatic carbocycles. The lowest BCUT2D eigenvalue weighted by atomic mass is 9.92. The number of ketones is 1.